The Hall–Kier alpha value is -7.16. The zero-order chi connectivity index (χ0) is 37.8. The number of rotatable bonds is 4. The molecule has 11 aromatic rings. The molecule has 0 atom stereocenters. The summed E-state index contributed by atoms with van der Waals surface area (Å²) in [6.45, 7) is 4.77. The van der Waals surface area contributed by atoms with Gasteiger partial charge in [0.05, 0.1) is 22.1 Å². The van der Waals surface area contributed by atoms with Crippen molar-refractivity contribution in [3.05, 3.63) is 205 Å². The molecule has 2 heterocycles. The van der Waals surface area contributed by atoms with Gasteiger partial charge < -0.3 is 9.13 Å². The van der Waals surface area contributed by atoms with Gasteiger partial charge in [0.1, 0.15) is 0 Å². The van der Waals surface area contributed by atoms with E-state index in [2.05, 4.69) is 217 Å². The van der Waals surface area contributed by atoms with Crippen molar-refractivity contribution in [2.45, 2.75) is 19.3 Å². The van der Waals surface area contributed by atoms with Gasteiger partial charge in [-0.25, -0.2) is 0 Å². The Morgan fingerprint density at radius 2 is 0.860 bits per heavy atom. The van der Waals surface area contributed by atoms with Crippen molar-refractivity contribution in [2.24, 2.45) is 0 Å². The molecule has 1 aliphatic carbocycles. The average Bonchev–Trinajstić information content (AvgIpc) is 3.85. The Morgan fingerprint density at radius 1 is 0.316 bits per heavy atom. The molecule has 1 aliphatic rings. The van der Waals surface area contributed by atoms with Crippen molar-refractivity contribution in [2.75, 3.05) is 0 Å². The minimum atomic E-state index is -0.131. The van der Waals surface area contributed by atoms with E-state index >= 15 is 0 Å². The van der Waals surface area contributed by atoms with Crippen LogP contribution in [-0.4, -0.2) is 9.13 Å². The first kappa shape index (κ1) is 32.1. The first-order valence-electron chi connectivity index (χ1n) is 19.9. The smallest absolute Gasteiger partial charge is 0.0547 e. The molecular weight excluding hydrogens is 689 g/mol. The number of hydrogen-bond acceptors (Lipinski definition) is 0. The zero-order valence-electron chi connectivity index (χ0n) is 31.9. The van der Waals surface area contributed by atoms with Gasteiger partial charge in [-0.2, -0.15) is 0 Å². The minimum Gasteiger partial charge on any atom is -0.309 e. The van der Waals surface area contributed by atoms with E-state index in [1.54, 1.807) is 0 Å². The lowest BCUT2D eigenvalue weighted by Crippen LogP contribution is -2.15. The number of nitrogens with zero attached hydrogens (tertiary/aromatic N) is 2. The van der Waals surface area contributed by atoms with Crippen LogP contribution in [0.25, 0.3) is 99.1 Å². The summed E-state index contributed by atoms with van der Waals surface area (Å²) in [6, 6.07) is 71.9. The maximum Gasteiger partial charge on any atom is 0.0547 e. The Kier molecular flexibility index (Phi) is 6.72. The molecule has 0 amide bonds. The number of hydrogen-bond donors (Lipinski definition) is 0. The minimum absolute atomic E-state index is 0.131. The van der Waals surface area contributed by atoms with Crippen molar-refractivity contribution in [3.63, 3.8) is 0 Å². The van der Waals surface area contributed by atoms with E-state index in [4.69, 9.17) is 0 Å². The van der Waals surface area contributed by atoms with Crippen LogP contribution < -0.4 is 0 Å². The Bertz CT molecular complexity index is 3420. The van der Waals surface area contributed by atoms with Crippen LogP contribution in [0, 0.1) is 0 Å². The summed E-state index contributed by atoms with van der Waals surface area (Å²) < 4.78 is 4.88. The molecule has 0 saturated heterocycles. The summed E-state index contributed by atoms with van der Waals surface area (Å²) in [6.07, 6.45) is 0. The van der Waals surface area contributed by atoms with E-state index in [0.29, 0.717) is 0 Å². The Morgan fingerprint density at radius 3 is 1.60 bits per heavy atom. The summed E-state index contributed by atoms with van der Waals surface area (Å²) in [5, 5.41) is 7.61. The molecule has 0 spiro atoms. The predicted octanol–water partition coefficient (Wildman–Crippen LogP) is 14.7. The maximum absolute atomic E-state index is 2.49. The van der Waals surface area contributed by atoms with E-state index in [-0.39, 0.29) is 5.41 Å². The van der Waals surface area contributed by atoms with Gasteiger partial charge in [0.25, 0.3) is 0 Å². The molecule has 0 aliphatic heterocycles. The van der Waals surface area contributed by atoms with Gasteiger partial charge >= 0.3 is 0 Å². The highest BCUT2D eigenvalue weighted by Crippen LogP contribution is 2.51. The molecule has 0 radical (unpaired) electrons. The topological polar surface area (TPSA) is 9.86 Å². The lowest BCUT2D eigenvalue weighted by Gasteiger charge is -2.22. The standard InChI is InChI=1S/C55H38N2/c1-55(2)49-32-37-16-10-9-15-36(37)29-46(49)43-26-24-42(34-50(43)55)57-53-28-23-39(31-48(53)45-25-21-40(33-54(45)57)35-13-5-3-6-14-35)38-22-27-52-47(30-38)44-19-11-12-20-51(44)56(52)41-17-7-4-8-18-41/h3-34H,1-2H3. The zero-order valence-corrected chi connectivity index (χ0v) is 31.9. The fourth-order valence-electron chi connectivity index (χ4n) is 9.85. The van der Waals surface area contributed by atoms with Gasteiger partial charge in [-0.1, -0.05) is 135 Å². The van der Waals surface area contributed by atoms with E-state index in [0.717, 1.165) is 0 Å². The second kappa shape index (κ2) is 11.9. The molecule has 12 rings (SSSR count). The van der Waals surface area contributed by atoms with Crippen LogP contribution in [0.1, 0.15) is 25.0 Å². The fraction of sp³-hybridized carbons (Fsp3) is 0.0545. The van der Waals surface area contributed by atoms with Crippen molar-refractivity contribution < 1.29 is 0 Å². The average molecular weight is 727 g/mol. The largest absolute Gasteiger partial charge is 0.309 e. The summed E-state index contributed by atoms with van der Waals surface area (Å²) >= 11 is 0. The highest BCUT2D eigenvalue weighted by molar-refractivity contribution is 6.13. The first-order chi connectivity index (χ1) is 28.0. The van der Waals surface area contributed by atoms with E-state index in [1.165, 1.54) is 110 Å². The molecule has 2 heteroatoms. The third-order valence-corrected chi connectivity index (χ3v) is 12.7. The SMILES string of the molecule is CC1(C)c2cc(-n3c4ccc(-c5ccc6c(c5)c5ccccc5n6-c5ccccc5)cc4c4ccc(-c5ccccc5)cc43)ccc2-c2cc3ccccc3cc21. The van der Waals surface area contributed by atoms with Gasteiger partial charge in [0.15, 0.2) is 0 Å². The number of benzene rings is 9. The van der Waals surface area contributed by atoms with Crippen molar-refractivity contribution >= 4 is 54.4 Å². The van der Waals surface area contributed by atoms with Crippen molar-refractivity contribution in [3.8, 4) is 44.8 Å². The van der Waals surface area contributed by atoms with Crippen LogP contribution in [0.3, 0.4) is 0 Å². The van der Waals surface area contributed by atoms with Crippen LogP contribution in [-0.2, 0) is 5.41 Å². The summed E-state index contributed by atoms with van der Waals surface area (Å²) in [5.74, 6) is 0. The number of para-hydroxylation sites is 2. The van der Waals surface area contributed by atoms with Gasteiger partial charge in [-0.15, -0.1) is 0 Å². The molecule has 0 unspecified atom stereocenters. The van der Waals surface area contributed by atoms with Gasteiger partial charge in [-0.05, 0) is 128 Å². The first-order valence-corrected chi connectivity index (χ1v) is 19.9. The van der Waals surface area contributed by atoms with Crippen molar-refractivity contribution in [1.29, 1.82) is 0 Å². The highest BCUT2D eigenvalue weighted by atomic mass is 15.0. The van der Waals surface area contributed by atoms with Crippen LogP contribution in [0.5, 0.6) is 0 Å². The van der Waals surface area contributed by atoms with Crippen LogP contribution >= 0.6 is 0 Å². The molecule has 268 valence electrons. The number of aromatic nitrogens is 2. The summed E-state index contributed by atoms with van der Waals surface area (Å²) in [5.41, 5.74) is 17.4. The molecular formula is C55H38N2. The lowest BCUT2D eigenvalue weighted by molar-refractivity contribution is 0.660. The molecule has 57 heavy (non-hydrogen) atoms. The van der Waals surface area contributed by atoms with E-state index in [1.807, 2.05) is 0 Å². The fourth-order valence-corrected chi connectivity index (χ4v) is 9.85. The molecule has 0 saturated carbocycles. The van der Waals surface area contributed by atoms with E-state index < -0.39 is 0 Å². The van der Waals surface area contributed by atoms with Crippen molar-refractivity contribution in [1.82, 2.24) is 9.13 Å². The second-order valence-corrected chi connectivity index (χ2v) is 16.2. The van der Waals surface area contributed by atoms with Crippen LogP contribution in [0.15, 0.2) is 194 Å². The lowest BCUT2D eigenvalue weighted by atomic mass is 9.81. The van der Waals surface area contributed by atoms with Crippen LogP contribution in [0.4, 0.5) is 0 Å². The van der Waals surface area contributed by atoms with Crippen LogP contribution in [0.2, 0.25) is 0 Å². The molecule has 0 N–H and O–H groups in total. The molecule has 0 bridgehead atoms. The van der Waals surface area contributed by atoms with Gasteiger partial charge in [0.2, 0.25) is 0 Å². The second-order valence-electron chi connectivity index (χ2n) is 16.2. The maximum atomic E-state index is 2.49. The molecule has 2 aromatic heterocycles. The molecule has 0 fully saturated rings. The van der Waals surface area contributed by atoms with Gasteiger partial charge in [0, 0.05) is 38.3 Å². The van der Waals surface area contributed by atoms with Gasteiger partial charge in [-0.3, -0.25) is 0 Å². The predicted molar refractivity (Wildman–Crippen MR) is 241 cm³/mol. The molecule has 2 nitrogen and oxygen atoms in total. The molecule has 9 aromatic carbocycles. The number of fused-ring (bicyclic) bond motifs is 10. The monoisotopic (exact) mass is 726 g/mol. The Balaban J connectivity index is 1.06. The normalized spacial score (nSPS) is 13.2. The van der Waals surface area contributed by atoms with E-state index in [9.17, 15) is 0 Å². The third-order valence-electron chi connectivity index (χ3n) is 12.7. The quantitative estimate of drug-likeness (QED) is 0.171. The summed E-state index contributed by atoms with van der Waals surface area (Å²) in [4.78, 5) is 0. The Labute approximate surface area is 331 Å². The summed E-state index contributed by atoms with van der Waals surface area (Å²) in [7, 11) is 0. The third kappa shape index (κ3) is 4.71. The highest BCUT2D eigenvalue weighted by Gasteiger charge is 2.36.